The quantitative estimate of drug-likeness (QED) is 0.693. The molecular formula is C16H16IN3S. The summed E-state index contributed by atoms with van der Waals surface area (Å²) in [6, 6.07) is 4.62. The predicted molar refractivity (Wildman–Crippen MR) is 96.2 cm³/mol. The van der Waals surface area contributed by atoms with Crippen molar-refractivity contribution in [3.05, 3.63) is 35.7 Å². The van der Waals surface area contributed by atoms with Gasteiger partial charge in [0.05, 0.1) is 4.90 Å². The van der Waals surface area contributed by atoms with E-state index in [1.165, 1.54) is 61.2 Å². The van der Waals surface area contributed by atoms with Crippen molar-refractivity contribution in [1.29, 1.82) is 0 Å². The van der Waals surface area contributed by atoms with Gasteiger partial charge in [0.15, 0.2) is 5.82 Å². The van der Waals surface area contributed by atoms with Crippen LogP contribution >= 0.6 is 30.1 Å². The Balaban J connectivity index is 1.79. The van der Waals surface area contributed by atoms with Crippen LogP contribution in [0.25, 0.3) is 11.4 Å². The molecule has 108 valence electrons. The Morgan fingerprint density at radius 3 is 2.19 bits per heavy atom. The van der Waals surface area contributed by atoms with Crippen molar-refractivity contribution in [2.24, 2.45) is 0 Å². The summed E-state index contributed by atoms with van der Waals surface area (Å²) in [5.74, 6) is 0.853. The first-order valence-corrected chi connectivity index (χ1v) is 10.7. The summed E-state index contributed by atoms with van der Waals surface area (Å²) in [6.45, 7) is 2.44. The minimum atomic E-state index is 0.853. The van der Waals surface area contributed by atoms with Gasteiger partial charge in [-0.2, -0.15) is 0 Å². The van der Waals surface area contributed by atoms with E-state index in [4.69, 9.17) is 0 Å². The molecule has 21 heavy (non-hydrogen) atoms. The molecule has 2 aromatic rings. The molecule has 0 saturated carbocycles. The minimum Gasteiger partial charge on any atom is -0.371 e. The normalized spacial score (nSPS) is 16.7. The van der Waals surface area contributed by atoms with E-state index in [-0.39, 0.29) is 0 Å². The summed E-state index contributed by atoms with van der Waals surface area (Å²) in [6.07, 6.45) is 8.73. The number of aryl methyl sites for hydroxylation is 2. The van der Waals surface area contributed by atoms with Crippen LogP contribution in [0.3, 0.4) is 0 Å². The van der Waals surface area contributed by atoms with Crippen LogP contribution in [-0.4, -0.2) is 23.1 Å². The first kappa shape index (κ1) is 13.8. The topological polar surface area (TPSA) is 29.0 Å². The second-order valence-corrected chi connectivity index (χ2v) is 7.60. The molecule has 0 N–H and O–H groups in total. The second-order valence-electron chi connectivity index (χ2n) is 5.66. The molecule has 2 aliphatic rings. The summed E-state index contributed by atoms with van der Waals surface area (Å²) >= 11 is 2.26. The van der Waals surface area contributed by atoms with Crippen molar-refractivity contribution in [3.63, 3.8) is 0 Å². The van der Waals surface area contributed by atoms with E-state index >= 15 is 0 Å². The highest BCUT2D eigenvalue weighted by Crippen LogP contribution is 2.38. The van der Waals surface area contributed by atoms with Crippen molar-refractivity contribution >= 4 is 35.8 Å². The molecule has 1 aromatic carbocycles. The number of benzene rings is 1. The standard InChI is InChI=1S/C16H16IN3S/c17-21-14-9-18-16(19-10-14)13-7-11-3-1-5-20-6-2-4-12(8-13)15(11)20/h7-10H,1-6H2. The molecule has 1 aromatic heterocycles. The highest BCUT2D eigenvalue weighted by Gasteiger charge is 2.24. The number of halogens is 1. The fourth-order valence-electron chi connectivity index (χ4n) is 3.44. The van der Waals surface area contributed by atoms with Gasteiger partial charge in [-0.15, -0.1) is 0 Å². The van der Waals surface area contributed by atoms with Gasteiger partial charge < -0.3 is 4.90 Å². The summed E-state index contributed by atoms with van der Waals surface area (Å²) in [5, 5.41) is 0. The molecule has 0 unspecified atom stereocenters. The summed E-state index contributed by atoms with van der Waals surface area (Å²) in [7, 11) is 1.65. The zero-order chi connectivity index (χ0) is 14.2. The molecule has 4 rings (SSSR count). The lowest BCUT2D eigenvalue weighted by Crippen LogP contribution is -2.34. The maximum atomic E-state index is 4.53. The van der Waals surface area contributed by atoms with Crippen molar-refractivity contribution in [2.75, 3.05) is 18.0 Å². The van der Waals surface area contributed by atoms with Crippen LogP contribution in [0.4, 0.5) is 5.69 Å². The number of aromatic nitrogens is 2. The van der Waals surface area contributed by atoms with Gasteiger partial charge >= 0.3 is 0 Å². The van der Waals surface area contributed by atoms with E-state index in [0.29, 0.717) is 0 Å². The Morgan fingerprint density at radius 2 is 1.62 bits per heavy atom. The van der Waals surface area contributed by atoms with Gasteiger partial charge in [0.2, 0.25) is 0 Å². The Bertz CT molecular complexity index is 641. The third kappa shape index (κ3) is 2.54. The first-order chi connectivity index (χ1) is 10.3. The molecule has 3 heterocycles. The fourth-order valence-corrected chi connectivity index (χ4v) is 4.31. The molecule has 0 radical (unpaired) electrons. The van der Waals surface area contributed by atoms with Crippen LogP contribution in [0.1, 0.15) is 24.0 Å². The number of hydrogen-bond acceptors (Lipinski definition) is 4. The molecule has 5 heteroatoms. The summed E-state index contributed by atoms with van der Waals surface area (Å²) in [4.78, 5) is 12.7. The van der Waals surface area contributed by atoms with Gasteiger partial charge in [0, 0.05) is 57.9 Å². The van der Waals surface area contributed by atoms with E-state index in [1.807, 2.05) is 12.4 Å². The van der Waals surface area contributed by atoms with Crippen molar-refractivity contribution < 1.29 is 0 Å². The van der Waals surface area contributed by atoms with Crippen molar-refractivity contribution in [3.8, 4) is 11.4 Å². The fraction of sp³-hybridized carbons (Fsp3) is 0.375. The molecule has 0 fully saturated rings. The highest BCUT2D eigenvalue weighted by molar-refractivity contribution is 14.2. The van der Waals surface area contributed by atoms with E-state index in [9.17, 15) is 0 Å². The maximum absolute atomic E-state index is 4.53. The van der Waals surface area contributed by atoms with Gasteiger partial charge in [-0.1, -0.05) is 0 Å². The van der Waals surface area contributed by atoms with Crippen LogP contribution in [0.15, 0.2) is 29.4 Å². The number of hydrogen-bond donors (Lipinski definition) is 0. The minimum absolute atomic E-state index is 0.853. The van der Waals surface area contributed by atoms with E-state index in [1.54, 1.807) is 8.93 Å². The van der Waals surface area contributed by atoms with E-state index in [2.05, 4.69) is 48.2 Å². The molecule has 3 nitrogen and oxygen atoms in total. The second kappa shape index (κ2) is 5.76. The summed E-state index contributed by atoms with van der Waals surface area (Å²) in [5.41, 5.74) is 5.67. The maximum Gasteiger partial charge on any atom is 0.159 e. The lowest BCUT2D eigenvalue weighted by molar-refractivity contribution is 0.634. The number of rotatable bonds is 2. The first-order valence-electron chi connectivity index (χ1n) is 7.37. The monoisotopic (exact) mass is 409 g/mol. The Hall–Kier alpha value is -0.820. The molecule has 2 aliphatic heterocycles. The molecular weight excluding hydrogens is 393 g/mol. The van der Waals surface area contributed by atoms with Crippen LogP contribution in [0.2, 0.25) is 0 Å². The smallest absolute Gasteiger partial charge is 0.159 e. The van der Waals surface area contributed by atoms with Crippen LogP contribution < -0.4 is 4.90 Å². The third-order valence-electron chi connectivity index (χ3n) is 4.31. The average molecular weight is 409 g/mol. The largest absolute Gasteiger partial charge is 0.371 e. The van der Waals surface area contributed by atoms with Crippen molar-refractivity contribution in [1.82, 2.24) is 9.97 Å². The lowest BCUT2D eigenvalue weighted by atomic mass is 9.90. The Labute approximate surface area is 141 Å². The van der Waals surface area contributed by atoms with Gasteiger partial charge in [0.1, 0.15) is 0 Å². The zero-order valence-corrected chi connectivity index (χ0v) is 14.7. The van der Waals surface area contributed by atoms with Gasteiger partial charge in [0.25, 0.3) is 0 Å². The molecule has 0 saturated heterocycles. The number of anilines is 1. The summed E-state index contributed by atoms with van der Waals surface area (Å²) < 4.78 is 0. The molecule has 0 aliphatic carbocycles. The van der Waals surface area contributed by atoms with Gasteiger partial charge in [-0.3, -0.25) is 0 Å². The number of nitrogens with zero attached hydrogens (tertiary/aromatic N) is 3. The molecule has 0 bridgehead atoms. The van der Waals surface area contributed by atoms with Crippen LogP contribution in [-0.2, 0) is 12.8 Å². The molecule has 0 spiro atoms. The van der Waals surface area contributed by atoms with Gasteiger partial charge in [-0.05, 0) is 57.9 Å². The highest BCUT2D eigenvalue weighted by atomic mass is 127. The zero-order valence-electron chi connectivity index (χ0n) is 11.7. The van der Waals surface area contributed by atoms with Crippen LogP contribution in [0.5, 0.6) is 0 Å². The Kier molecular flexibility index (Phi) is 3.79. The third-order valence-corrected chi connectivity index (χ3v) is 6.22. The van der Waals surface area contributed by atoms with E-state index in [0.717, 1.165) is 10.7 Å². The predicted octanol–water partition coefficient (Wildman–Crippen LogP) is 4.28. The molecule has 0 atom stereocenters. The van der Waals surface area contributed by atoms with Crippen LogP contribution in [0, 0.1) is 0 Å². The lowest BCUT2D eigenvalue weighted by Gasteiger charge is -2.37. The van der Waals surface area contributed by atoms with Gasteiger partial charge in [-0.25, -0.2) is 9.97 Å². The van der Waals surface area contributed by atoms with E-state index < -0.39 is 0 Å². The Morgan fingerprint density at radius 1 is 1.00 bits per heavy atom. The average Bonchev–Trinajstić information content (AvgIpc) is 2.55. The van der Waals surface area contributed by atoms with Crippen molar-refractivity contribution in [2.45, 2.75) is 30.6 Å². The molecule has 0 amide bonds. The SMILES string of the molecule is ISc1cnc(-c2cc3c4c(c2)CCCN4CCC3)nc1.